The van der Waals surface area contributed by atoms with E-state index in [4.69, 9.17) is 0 Å². The molecule has 0 saturated heterocycles. The summed E-state index contributed by atoms with van der Waals surface area (Å²) in [5.74, 6) is 0. The van der Waals surface area contributed by atoms with Crippen LogP contribution >= 0.6 is 0 Å². The van der Waals surface area contributed by atoms with E-state index in [0.29, 0.717) is 11.0 Å². The molecular formula is C12H10N4O. The van der Waals surface area contributed by atoms with Crippen molar-refractivity contribution in [3.63, 3.8) is 0 Å². The fraction of sp³-hybridized carbons (Fsp3) is 0. The molecule has 17 heavy (non-hydrogen) atoms. The third-order valence-electron chi connectivity index (χ3n) is 2.57. The van der Waals surface area contributed by atoms with E-state index in [1.807, 2.05) is 42.6 Å². The second-order valence-electron chi connectivity index (χ2n) is 3.62. The van der Waals surface area contributed by atoms with Crippen molar-refractivity contribution in [1.82, 2.24) is 20.5 Å². The van der Waals surface area contributed by atoms with Gasteiger partial charge in [0.2, 0.25) is 0 Å². The van der Waals surface area contributed by atoms with Crippen molar-refractivity contribution in [2.45, 2.75) is 0 Å². The van der Waals surface area contributed by atoms with Crippen LogP contribution in [0.1, 0.15) is 5.56 Å². The Kier molecular flexibility index (Phi) is 2.15. The summed E-state index contributed by atoms with van der Waals surface area (Å²) >= 11 is 0. The van der Waals surface area contributed by atoms with Gasteiger partial charge in [-0.25, -0.2) is 0 Å². The molecule has 0 atom stereocenters. The first-order valence-electron chi connectivity index (χ1n) is 5.20. The van der Waals surface area contributed by atoms with Gasteiger partial charge in [-0.15, -0.1) is 5.10 Å². The first-order valence-corrected chi connectivity index (χ1v) is 5.20. The van der Waals surface area contributed by atoms with E-state index in [9.17, 15) is 5.21 Å². The molecule has 0 aliphatic carbocycles. The van der Waals surface area contributed by atoms with E-state index < -0.39 is 0 Å². The van der Waals surface area contributed by atoms with Gasteiger partial charge < -0.3 is 10.5 Å². The number of hydrogen-bond donors (Lipinski definition) is 2. The van der Waals surface area contributed by atoms with Gasteiger partial charge >= 0.3 is 0 Å². The Balaban J connectivity index is 2.20. The maximum Gasteiger partial charge on any atom is 0.131 e. The molecule has 84 valence electrons. The van der Waals surface area contributed by atoms with Gasteiger partial charge in [0.1, 0.15) is 11.0 Å². The monoisotopic (exact) mass is 226 g/mol. The summed E-state index contributed by atoms with van der Waals surface area (Å²) in [4.78, 5) is 0.780. The van der Waals surface area contributed by atoms with Crippen molar-refractivity contribution >= 4 is 16.7 Å². The third kappa shape index (κ3) is 1.57. The van der Waals surface area contributed by atoms with Gasteiger partial charge in [-0.2, -0.15) is 0 Å². The normalized spacial score (nSPS) is 14.5. The standard InChI is InChI=1S/C12H10N4O/c17-16-11-7-4-5-9(12(11)14-15-16)10-6-2-1-3-8-13-10/h1-8,13,17H. The lowest BCUT2D eigenvalue weighted by Crippen LogP contribution is -2.03. The van der Waals surface area contributed by atoms with E-state index in [0.717, 1.165) is 16.1 Å². The van der Waals surface area contributed by atoms with Crippen LogP contribution in [0, 0.1) is 0 Å². The van der Waals surface area contributed by atoms with Crippen molar-refractivity contribution in [2.75, 3.05) is 0 Å². The van der Waals surface area contributed by atoms with Crippen LogP contribution in [0.15, 0.2) is 48.7 Å². The average molecular weight is 226 g/mol. The summed E-state index contributed by atoms with van der Waals surface area (Å²) in [5.41, 5.74) is 3.07. The van der Waals surface area contributed by atoms with E-state index in [2.05, 4.69) is 15.6 Å². The molecule has 0 bridgehead atoms. The lowest BCUT2D eigenvalue weighted by molar-refractivity contribution is 0.155. The van der Waals surface area contributed by atoms with Crippen LogP contribution in [0.2, 0.25) is 0 Å². The van der Waals surface area contributed by atoms with Crippen molar-refractivity contribution in [1.29, 1.82) is 0 Å². The smallest absolute Gasteiger partial charge is 0.131 e. The summed E-state index contributed by atoms with van der Waals surface area (Å²) < 4.78 is 0. The zero-order chi connectivity index (χ0) is 11.7. The van der Waals surface area contributed by atoms with Gasteiger partial charge in [0.05, 0.1) is 0 Å². The second-order valence-corrected chi connectivity index (χ2v) is 3.62. The van der Waals surface area contributed by atoms with Gasteiger partial charge in [0.25, 0.3) is 0 Å². The number of fused-ring (bicyclic) bond motifs is 1. The number of rotatable bonds is 1. The minimum Gasteiger partial charge on any atom is -0.410 e. The van der Waals surface area contributed by atoms with E-state index in [1.165, 1.54) is 0 Å². The highest BCUT2D eigenvalue weighted by Gasteiger charge is 2.10. The van der Waals surface area contributed by atoms with Crippen LogP contribution in [-0.2, 0) is 0 Å². The van der Waals surface area contributed by atoms with Crippen molar-refractivity contribution in [2.24, 2.45) is 0 Å². The van der Waals surface area contributed by atoms with Gasteiger partial charge in [-0.05, 0) is 23.4 Å². The Hall–Kier alpha value is -2.56. The fourth-order valence-corrected chi connectivity index (χ4v) is 1.78. The van der Waals surface area contributed by atoms with E-state index in [1.54, 1.807) is 6.07 Å². The minimum atomic E-state index is 0.586. The lowest BCUT2D eigenvalue weighted by atomic mass is 10.1. The number of nitrogens with one attached hydrogen (secondary N) is 1. The third-order valence-corrected chi connectivity index (χ3v) is 2.57. The summed E-state index contributed by atoms with van der Waals surface area (Å²) in [5, 5.41) is 20.2. The number of nitrogens with zero attached hydrogens (tertiary/aromatic N) is 3. The topological polar surface area (TPSA) is 63.0 Å². The van der Waals surface area contributed by atoms with Gasteiger partial charge in [0.15, 0.2) is 0 Å². The fourth-order valence-electron chi connectivity index (χ4n) is 1.78. The molecule has 1 aromatic heterocycles. The molecule has 1 aliphatic rings. The SMILES string of the molecule is On1nnc2c(C3=CC=CC=CN3)cccc21. The second kappa shape index (κ2) is 3.79. The van der Waals surface area contributed by atoms with Gasteiger partial charge in [0, 0.05) is 17.5 Å². The molecule has 0 spiro atoms. The molecule has 5 nitrogen and oxygen atoms in total. The zero-order valence-electron chi connectivity index (χ0n) is 8.91. The molecule has 1 aromatic carbocycles. The summed E-state index contributed by atoms with van der Waals surface area (Å²) in [6, 6.07) is 5.55. The zero-order valence-corrected chi connectivity index (χ0v) is 8.91. The average Bonchev–Trinajstić information content (AvgIpc) is 2.59. The number of hydrogen-bond acceptors (Lipinski definition) is 4. The Labute approximate surface area is 97.3 Å². The van der Waals surface area contributed by atoms with Crippen LogP contribution in [0.4, 0.5) is 0 Å². The van der Waals surface area contributed by atoms with Crippen LogP contribution in [0.25, 0.3) is 16.7 Å². The van der Waals surface area contributed by atoms with E-state index >= 15 is 0 Å². The maximum absolute atomic E-state index is 9.46. The molecule has 5 heteroatoms. The summed E-state index contributed by atoms with van der Waals surface area (Å²) in [7, 11) is 0. The molecule has 0 fully saturated rings. The van der Waals surface area contributed by atoms with Gasteiger partial charge in [-0.1, -0.05) is 29.1 Å². The minimum absolute atomic E-state index is 0.586. The molecule has 0 unspecified atom stereocenters. The molecule has 2 aromatic rings. The maximum atomic E-state index is 9.46. The molecule has 2 N–H and O–H groups in total. The highest BCUT2D eigenvalue weighted by Crippen LogP contribution is 2.21. The number of benzene rings is 1. The summed E-state index contributed by atoms with van der Waals surface area (Å²) in [6.45, 7) is 0. The lowest BCUT2D eigenvalue weighted by Gasteiger charge is -2.06. The number of allylic oxidation sites excluding steroid dienone is 4. The predicted octanol–water partition coefficient (Wildman–Crippen LogP) is 1.68. The molecule has 2 heterocycles. The summed E-state index contributed by atoms with van der Waals surface area (Å²) in [6.07, 6.45) is 9.58. The predicted molar refractivity (Wildman–Crippen MR) is 64.1 cm³/mol. The first kappa shape index (κ1) is 9.65. The highest BCUT2D eigenvalue weighted by molar-refractivity contribution is 5.88. The first-order chi connectivity index (χ1) is 8.36. The van der Waals surface area contributed by atoms with Crippen molar-refractivity contribution < 1.29 is 5.21 Å². The van der Waals surface area contributed by atoms with Crippen LogP contribution < -0.4 is 5.32 Å². The number of aromatic nitrogens is 3. The van der Waals surface area contributed by atoms with Crippen molar-refractivity contribution in [3.05, 3.63) is 54.3 Å². The quantitative estimate of drug-likeness (QED) is 0.726. The Morgan fingerprint density at radius 3 is 3.06 bits per heavy atom. The van der Waals surface area contributed by atoms with E-state index in [-0.39, 0.29) is 0 Å². The van der Waals surface area contributed by atoms with Crippen LogP contribution in [0.3, 0.4) is 0 Å². The highest BCUT2D eigenvalue weighted by atomic mass is 16.5. The van der Waals surface area contributed by atoms with Crippen molar-refractivity contribution in [3.8, 4) is 0 Å². The van der Waals surface area contributed by atoms with Crippen LogP contribution in [0.5, 0.6) is 0 Å². The molecule has 3 rings (SSSR count). The molecule has 0 radical (unpaired) electrons. The largest absolute Gasteiger partial charge is 0.410 e. The molecule has 1 aliphatic heterocycles. The Morgan fingerprint density at radius 2 is 2.12 bits per heavy atom. The Morgan fingerprint density at radius 1 is 1.18 bits per heavy atom. The van der Waals surface area contributed by atoms with Gasteiger partial charge in [-0.3, -0.25) is 0 Å². The molecular weight excluding hydrogens is 216 g/mol. The Bertz CT molecular complexity index is 652. The molecule has 0 amide bonds. The molecule has 0 saturated carbocycles. The van der Waals surface area contributed by atoms with Crippen LogP contribution in [-0.4, -0.2) is 20.4 Å².